The minimum Gasteiger partial charge on any atom is -0.550 e. The van der Waals surface area contributed by atoms with Gasteiger partial charge in [-0.2, -0.15) is 0 Å². The van der Waals surface area contributed by atoms with E-state index in [2.05, 4.69) is 37.0 Å². The SMILES string of the molecule is CC/C=C\C[C@H](O)C#C/C=C/C=C/[C@H](O)C/C=C\C/C=C\CCCCCCCCCCCCCCC(=O)[O-].[Na+]. The summed E-state index contributed by atoms with van der Waals surface area (Å²) in [6, 6.07) is 0. The van der Waals surface area contributed by atoms with Gasteiger partial charge < -0.3 is 20.1 Å². The number of aliphatic hydroxyl groups excluding tert-OH is 2. The van der Waals surface area contributed by atoms with Crippen molar-refractivity contribution in [1.29, 1.82) is 0 Å². The second-order valence-electron chi connectivity index (χ2n) is 9.80. The zero-order chi connectivity index (χ0) is 27.9. The smallest absolute Gasteiger partial charge is 0.550 e. The van der Waals surface area contributed by atoms with Crippen LogP contribution in [0, 0.1) is 11.8 Å². The second-order valence-corrected chi connectivity index (χ2v) is 9.80. The Hall–Kier alpha value is -1.35. The van der Waals surface area contributed by atoms with Crippen LogP contribution in [-0.4, -0.2) is 28.4 Å². The molecule has 4 nitrogen and oxygen atoms in total. The van der Waals surface area contributed by atoms with Gasteiger partial charge in [0.2, 0.25) is 0 Å². The molecule has 5 heteroatoms. The topological polar surface area (TPSA) is 80.6 Å². The Kier molecular flexibility index (Phi) is 33.5. The Bertz CT molecular complexity index is 755. The molecule has 0 saturated carbocycles. The first kappa shape index (κ1) is 39.8. The van der Waals surface area contributed by atoms with Crippen molar-refractivity contribution in [3.8, 4) is 11.8 Å². The molecule has 214 valence electrons. The third-order valence-corrected chi connectivity index (χ3v) is 6.12. The minimum absolute atomic E-state index is 0. The Morgan fingerprint density at radius 2 is 1.31 bits per heavy atom. The van der Waals surface area contributed by atoms with Gasteiger partial charge in [0.05, 0.1) is 6.10 Å². The molecule has 0 aliphatic carbocycles. The van der Waals surface area contributed by atoms with Crippen LogP contribution in [0.5, 0.6) is 0 Å². The number of rotatable bonds is 24. The van der Waals surface area contributed by atoms with Crippen LogP contribution < -0.4 is 34.7 Å². The third-order valence-electron chi connectivity index (χ3n) is 6.12. The molecule has 0 aliphatic heterocycles. The van der Waals surface area contributed by atoms with Crippen LogP contribution in [0.15, 0.2) is 60.8 Å². The van der Waals surface area contributed by atoms with E-state index in [9.17, 15) is 20.1 Å². The number of carboxylic acid groups (broad SMARTS) is 1. The molecule has 0 amide bonds. The van der Waals surface area contributed by atoms with Crippen LogP contribution in [0.25, 0.3) is 0 Å². The van der Waals surface area contributed by atoms with E-state index in [1.165, 1.54) is 57.8 Å². The number of carbonyl (C=O) groups is 1. The van der Waals surface area contributed by atoms with Crippen LogP contribution in [0.2, 0.25) is 0 Å². The molecule has 0 saturated heterocycles. The van der Waals surface area contributed by atoms with E-state index in [0.29, 0.717) is 12.8 Å². The summed E-state index contributed by atoms with van der Waals surface area (Å²) in [6.07, 6.45) is 37.3. The fraction of sp³-hybridized carbons (Fsp3) is 0.618. The van der Waals surface area contributed by atoms with Gasteiger partial charge in [-0.1, -0.05) is 138 Å². The normalized spacial score (nSPS) is 13.4. The van der Waals surface area contributed by atoms with Crippen LogP contribution in [0.1, 0.15) is 122 Å². The number of carboxylic acids is 1. The van der Waals surface area contributed by atoms with Gasteiger partial charge in [0.25, 0.3) is 0 Å². The fourth-order valence-corrected chi connectivity index (χ4v) is 3.89. The van der Waals surface area contributed by atoms with E-state index in [0.717, 1.165) is 38.5 Å². The predicted molar refractivity (Wildman–Crippen MR) is 159 cm³/mol. The van der Waals surface area contributed by atoms with Crippen molar-refractivity contribution in [2.24, 2.45) is 0 Å². The molecule has 0 aromatic heterocycles. The second kappa shape index (κ2) is 32.9. The van der Waals surface area contributed by atoms with Crippen LogP contribution in [0.3, 0.4) is 0 Å². The summed E-state index contributed by atoms with van der Waals surface area (Å²) in [5.74, 6) is 4.65. The first-order valence-electron chi connectivity index (χ1n) is 14.9. The van der Waals surface area contributed by atoms with Gasteiger partial charge in [0.1, 0.15) is 6.10 Å². The molecule has 2 N–H and O–H groups in total. The molecule has 2 atom stereocenters. The van der Waals surface area contributed by atoms with E-state index < -0.39 is 18.2 Å². The number of hydrogen-bond donors (Lipinski definition) is 2. The van der Waals surface area contributed by atoms with E-state index in [-0.39, 0.29) is 36.0 Å². The van der Waals surface area contributed by atoms with Crippen LogP contribution in [-0.2, 0) is 4.79 Å². The fourth-order valence-electron chi connectivity index (χ4n) is 3.89. The maximum absolute atomic E-state index is 10.3. The number of hydrogen-bond acceptors (Lipinski definition) is 4. The summed E-state index contributed by atoms with van der Waals surface area (Å²) in [7, 11) is 0. The van der Waals surface area contributed by atoms with Gasteiger partial charge in [-0.15, -0.1) is 0 Å². The summed E-state index contributed by atoms with van der Waals surface area (Å²) in [4.78, 5) is 10.3. The largest absolute Gasteiger partial charge is 1.00 e. The van der Waals surface area contributed by atoms with E-state index in [4.69, 9.17) is 0 Å². The molecule has 0 radical (unpaired) electrons. The van der Waals surface area contributed by atoms with Crippen molar-refractivity contribution in [3.05, 3.63) is 60.8 Å². The van der Waals surface area contributed by atoms with Gasteiger partial charge in [-0.25, -0.2) is 0 Å². The van der Waals surface area contributed by atoms with Gasteiger partial charge in [-0.3, -0.25) is 0 Å². The Morgan fingerprint density at radius 1 is 0.744 bits per heavy atom. The molecule has 0 heterocycles. The average molecular weight is 549 g/mol. The molecular formula is C34H53NaO4. The summed E-state index contributed by atoms with van der Waals surface area (Å²) < 4.78 is 0. The third kappa shape index (κ3) is 34.6. The van der Waals surface area contributed by atoms with Gasteiger partial charge in [0, 0.05) is 12.4 Å². The number of allylic oxidation sites excluding steroid dienone is 7. The zero-order valence-electron chi connectivity index (χ0n) is 24.9. The van der Waals surface area contributed by atoms with Crippen LogP contribution in [0.4, 0.5) is 0 Å². The number of carbonyl (C=O) groups excluding carboxylic acids is 1. The minimum atomic E-state index is -0.924. The predicted octanol–water partition coefficient (Wildman–Crippen LogP) is 4.29. The molecule has 0 aromatic carbocycles. The summed E-state index contributed by atoms with van der Waals surface area (Å²) >= 11 is 0. The maximum Gasteiger partial charge on any atom is 1.00 e. The first-order chi connectivity index (χ1) is 18.6. The Labute approximate surface area is 261 Å². The van der Waals surface area contributed by atoms with Crippen molar-refractivity contribution in [3.63, 3.8) is 0 Å². The Morgan fingerprint density at radius 3 is 1.92 bits per heavy atom. The summed E-state index contributed by atoms with van der Waals surface area (Å²) in [6.45, 7) is 2.05. The van der Waals surface area contributed by atoms with E-state index >= 15 is 0 Å². The molecular weight excluding hydrogens is 495 g/mol. The average Bonchev–Trinajstić information content (AvgIpc) is 2.89. The Balaban J connectivity index is 0. The molecule has 0 spiro atoms. The summed E-state index contributed by atoms with van der Waals surface area (Å²) in [5, 5.41) is 30.0. The number of unbranched alkanes of at least 4 members (excludes halogenated alkanes) is 12. The van der Waals surface area contributed by atoms with Crippen LogP contribution >= 0.6 is 0 Å². The molecule has 0 aromatic rings. The van der Waals surface area contributed by atoms with Crippen molar-refractivity contribution < 1.29 is 49.7 Å². The van der Waals surface area contributed by atoms with Gasteiger partial charge in [0.15, 0.2) is 0 Å². The molecule has 0 rings (SSSR count). The molecule has 0 unspecified atom stereocenters. The van der Waals surface area contributed by atoms with Gasteiger partial charge >= 0.3 is 29.6 Å². The van der Waals surface area contributed by atoms with Crippen molar-refractivity contribution in [2.45, 2.75) is 135 Å². The quantitative estimate of drug-likeness (QED) is 0.0620. The van der Waals surface area contributed by atoms with Crippen molar-refractivity contribution >= 4 is 5.97 Å². The molecule has 0 bridgehead atoms. The van der Waals surface area contributed by atoms with Crippen molar-refractivity contribution in [2.75, 3.05) is 0 Å². The monoisotopic (exact) mass is 548 g/mol. The van der Waals surface area contributed by atoms with Gasteiger partial charge in [-0.05, 0) is 51.0 Å². The van der Waals surface area contributed by atoms with E-state index in [1.54, 1.807) is 24.3 Å². The molecule has 0 fully saturated rings. The number of aliphatic carboxylic acids is 1. The molecule has 39 heavy (non-hydrogen) atoms. The molecule has 0 aliphatic rings. The number of aliphatic hydroxyl groups is 2. The summed E-state index contributed by atoms with van der Waals surface area (Å²) in [5.41, 5.74) is 0. The maximum atomic E-state index is 10.3. The van der Waals surface area contributed by atoms with Crippen molar-refractivity contribution in [1.82, 2.24) is 0 Å². The first-order valence-corrected chi connectivity index (χ1v) is 14.9. The standard InChI is InChI=1S/C34H54O4.Na/c1-2-3-22-27-32(35)29-24-20-21-25-30-33(36)28-23-18-16-14-12-10-8-6-4-5-7-9-11-13-15-17-19-26-31-34(37)38;/h3,12,14,18,20-23,25,30,32-33,35-36H,2,4-11,13,15-17,19,26-28,31H2,1H3,(H,37,38);/q;+1/p-1/b14-12-,21-20+,22-3-,23-18-,30-25+;/t32-,33+;/m0./s1. The zero-order valence-corrected chi connectivity index (χ0v) is 26.9. The van der Waals surface area contributed by atoms with E-state index in [1.807, 2.05) is 18.2 Å².